The van der Waals surface area contributed by atoms with E-state index < -0.39 is 0 Å². The normalized spacial score (nSPS) is 19.9. The second-order valence-electron chi connectivity index (χ2n) is 6.09. The minimum Gasteiger partial charge on any atom is -0.373 e. The molecule has 1 aliphatic carbocycles. The van der Waals surface area contributed by atoms with Crippen molar-refractivity contribution in [3.05, 3.63) is 30.1 Å². The molecule has 1 N–H and O–H groups in total. The third kappa shape index (κ3) is 4.27. The number of rotatable bonds is 7. The minimum atomic E-state index is -0.0660. The number of nitrogens with one attached hydrogen (secondary N) is 1. The zero-order valence-electron chi connectivity index (χ0n) is 13.6. The van der Waals surface area contributed by atoms with Gasteiger partial charge in [0.1, 0.15) is 0 Å². The van der Waals surface area contributed by atoms with Crippen LogP contribution in [0.15, 0.2) is 24.5 Å². The van der Waals surface area contributed by atoms with Crippen molar-refractivity contribution in [1.82, 2.24) is 10.3 Å². The lowest BCUT2D eigenvalue weighted by molar-refractivity contribution is -0.0782. The summed E-state index contributed by atoms with van der Waals surface area (Å²) < 4.78 is 6.37. The van der Waals surface area contributed by atoms with Gasteiger partial charge in [0, 0.05) is 19.0 Å². The lowest BCUT2D eigenvalue weighted by Crippen LogP contribution is -2.46. The van der Waals surface area contributed by atoms with Crippen LogP contribution in [0.3, 0.4) is 0 Å². The van der Waals surface area contributed by atoms with Crippen LogP contribution in [0.4, 0.5) is 0 Å². The quantitative estimate of drug-likeness (QED) is 0.762. The number of hydrogen-bond donors (Lipinski definition) is 1. The Kier molecular flexibility index (Phi) is 6.65. The smallest absolute Gasteiger partial charge is 0.0876 e. The summed E-state index contributed by atoms with van der Waals surface area (Å²) in [7, 11) is 0. The van der Waals surface area contributed by atoms with Crippen LogP contribution in [0, 0.1) is 0 Å². The highest BCUT2D eigenvalue weighted by Crippen LogP contribution is 2.40. The van der Waals surface area contributed by atoms with E-state index in [9.17, 15) is 0 Å². The third-order valence-corrected chi connectivity index (χ3v) is 4.52. The zero-order valence-corrected chi connectivity index (χ0v) is 13.6. The number of hydrogen-bond acceptors (Lipinski definition) is 3. The van der Waals surface area contributed by atoms with E-state index >= 15 is 0 Å². The zero-order chi connectivity index (χ0) is 15.0. The summed E-state index contributed by atoms with van der Waals surface area (Å²) in [6.07, 6.45) is 12.5. The van der Waals surface area contributed by atoms with Gasteiger partial charge in [-0.25, -0.2) is 0 Å². The second-order valence-corrected chi connectivity index (χ2v) is 6.09. The molecule has 0 aromatic carbocycles. The van der Waals surface area contributed by atoms with E-state index in [2.05, 4.69) is 30.2 Å². The molecule has 0 bridgehead atoms. The van der Waals surface area contributed by atoms with Crippen molar-refractivity contribution in [1.29, 1.82) is 0 Å². The fourth-order valence-electron chi connectivity index (χ4n) is 3.57. The largest absolute Gasteiger partial charge is 0.373 e. The number of pyridine rings is 1. The summed E-state index contributed by atoms with van der Waals surface area (Å²) in [6, 6.07) is 4.47. The van der Waals surface area contributed by atoms with Crippen LogP contribution in [0.25, 0.3) is 0 Å². The molecule has 0 amide bonds. The standard InChI is InChI=1S/C18H30N2O/c1-3-13-20-17(16-10-9-14-19-15-16)18(21-4-2)11-7-5-6-8-12-18/h9-10,14-15,17,20H,3-8,11-13H2,1-2H3. The van der Waals surface area contributed by atoms with Crippen molar-refractivity contribution in [2.75, 3.05) is 13.2 Å². The Bertz CT molecular complexity index is 385. The maximum atomic E-state index is 6.37. The molecule has 1 heterocycles. The van der Waals surface area contributed by atoms with Crippen LogP contribution in [-0.4, -0.2) is 23.7 Å². The molecule has 0 spiro atoms. The van der Waals surface area contributed by atoms with Gasteiger partial charge in [0.15, 0.2) is 0 Å². The maximum absolute atomic E-state index is 6.37. The van der Waals surface area contributed by atoms with Gasteiger partial charge in [-0.3, -0.25) is 4.98 Å². The lowest BCUT2D eigenvalue weighted by Gasteiger charge is -2.41. The number of nitrogens with zero attached hydrogens (tertiary/aromatic N) is 1. The van der Waals surface area contributed by atoms with E-state index in [0.29, 0.717) is 0 Å². The summed E-state index contributed by atoms with van der Waals surface area (Å²) in [5.74, 6) is 0. The second kappa shape index (κ2) is 8.50. The molecule has 1 aromatic rings. The Morgan fingerprint density at radius 2 is 2.00 bits per heavy atom. The monoisotopic (exact) mass is 290 g/mol. The lowest BCUT2D eigenvalue weighted by atomic mass is 9.82. The fraction of sp³-hybridized carbons (Fsp3) is 0.722. The molecule has 1 saturated carbocycles. The predicted molar refractivity (Wildman–Crippen MR) is 87.3 cm³/mol. The summed E-state index contributed by atoms with van der Waals surface area (Å²) in [5, 5.41) is 3.74. The maximum Gasteiger partial charge on any atom is 0.0876 e. The van der Waals surface area contributed by atoms with Crippen molar-refractivity contribution < 1.29 is 4.74 Å². The van der Waals surface area contributed by atoms with E-state index in [4.69, 9.17) is 4.74 Å². The van der Waals surface area contributed by atoms with Crippen LogP contribution in [-0.2, 0) is 4.74 Å². The molecule has 1 fully saturated rings. The molecule has 2 rings (SSSR count). The Labute approximate surface area is 129 Å². The SMILES string of the molecule is CCCNC(c1cccnc1)C1(OCC)CCCCCC1. The Morgan fingerprint density at radius 3 is 2.57 bits per heavy atom. The summed E-state index contributed by atoms with van der Waals surface area (Å²) >= 11 is 0. The topological polar surface area (TPSA) is 34.2 Å². The van der Waals surface area contributed by atoms with E-state index in [1.54, 1.807) is 0 Å². The Morgan fingerprint density at radius 1 is 1.24 bits per heavy atom. The fourth-order valence-corrected chi connectivity index (χ4v) is 3.57. The molecule has 3 nitrogen and oxygen atoms in total. The van der Waals surface area contributed by atoms with E-state index in [0.717, 1.165) is 32.4 Å². The first-order valence-electron chi connectivity index (χ1n) is 8.59. The molecule has 1 unspecified atom stereocenters. The summed E-state index contributed by atoms with van der Waals surface area (Å²) in [4.78, 5) is 4.33. The van der Waals surface area contributed by atoms with Gasteiger partial charge in [0.25, 0.3) is 0 Å². The predicted octanol–water partition coefficient (Wildman–Crippen LogP) is 4.25. The highest BCUT2D eigenvalue weighted by Gasteiger charge is 2.40. The molecule has 1 aliphatic rings. The molecule has 0 radical (unpaired) electrons. The number of ether oxygens (including phenoxy) is 1. The van der Waals surface area contributed by atoms with Gasteiger partial charge >= 0.3 is 0 Å². The van der Waals surface area contributed by atoms with E-state index in [-0.39, 0.29) is 11.6 Å². The molecule has 0 saturated heterocycles. The van der Waals surface area contributed by atoms with Crippen molar-refractivity contribution in [2.24, 2.45) is 0 Å². The average molecular weight is 290 g/mol. The Balaban J connectivity index is 2.29. The van der Waals surface area contributed by atoms with Crippen LogP contribution >= 0.6 is 0 Å². The van der Waals surface area contributed by atoms with E-state index in [1.807, 2.05) is 18.5 Å². The number of aromatic nitrogens is 1. The molecule has 21 heavy (non-hydrogen) atoms. The van der Waals surface area contributed by atoms with Crippen LogP contribution in [0.1, 0.15) is 70.4 Å². The van der Waals surface area contributed by atoms with Crippen LogP contribution < -0.4 is 5.32 Å². The first-order chi connectivity index (χ1) is 10.3. The third-order valence-electron chi connectivity index (χ3n) is 4.52. The van der Waals surface area contributed by atoms with Gasteiger partial charge < -0.3 is 10.1 Å². The molecule has 118 valence electrons. The van der Waals surface area contributed by atoms with Gasteiger partial charge in [-0.05, 0) is 44.4 Å². The molecular formula is C18H30N2O. The highest BCUT2D eigenvalue weighted by atomic mass is 16.5. The van der Waals surface area contributed by atoms with Gasteiger partial charge in [0.2, 0.25) is 0 Å². The van der Waals surface area contributed by atoms with Crippen molar-refractivity contribution >= 4 is 0 Å². The first-order valence-corrected chi connectivity index (χ1v) is 8.59. The minimum absolute atomic E-state index is 0.0660. The van der Waals surface area contributed by atoms with Gasteiger partial charge in [0.05, 0.1) is 11.6 Å². The molecular weight excluding hydrogens is 260 g/mol. The van der Waals surface area contributed by atoms with Crippen LogP contribution in [0.5, 0.6) is 0 Å². The van der Waals surface area contributed by atoms with Crippen molar-refractivity contribution in [3.63, 3.8) is 0 Å². The van der Waals surface area contributed by atoms with Gasteiger partial charge in [-0.15, -0.1) is 0 Å². The highest BCUT2D eigenvalue weighted by molar-refractivity contribution is 5.19. The molecule has 1 aromatic heterocycles. The average Bonchev–Trinajstić information content (AvgIpc) is 2.76. The first kappa shape index (κ1) is 16.4. The van der Waals surface area contributed by atoms with Crippen molar-refractivity contribution in [3.8, 4) is 0 Å². The molecule has 1 atom stereocenters. The van der Waals surface area contributed by atoms with E-state index in [1.165, 1.54) is 31.2 Å². The summed E-state index contributed by atoms with van der Waals surface area (Å²) in [6.45, 7) is 6.14. The molecule has 0 aliphatic heterocycles. The molecule has 3 heteroatoms. The van der Waals surface area contributed by atoms with Crippen molar-refractivity contribution in [2.45, 2.75) is 70.4 Å². The van der Waals surface area contributed by atoms with Gasteiger partial charge in [-0.1, -0.05) is 38.7 Å². The summed E-state index contributed by atoms with van der Waals surface area (Å²) in [5.41, 5.74) is 1.20. The van der Waals surface area contributed by atoms with Crippen LogP contribution in [0.2, 0.25) is 0 Å². The Hall–Kier alpha value is -0.930. The van der Waals surface area contributed by atoms with Gasteiger partial charge in [-0.2, -0.15) is 0 Å².